The maximum Gasteiger partial charge on any atom is 0.186 e. The van der Waals surface area contributed by atoms with Gasteiger partial charge in [0, 0.05) is 14.1 Å². The van der Waals surface area contributed by atoms with Gasteiger partial charge in [-0.3, -0.25) is 0 Å². The molecule has 0 radical (unpaired) electrons. The van der Waals surface area contributed by atoms with E-state index in [2.05, 4.69) is 30.6 Å². The highest BCUT2D eigenvalue weighted by molar-refractivity contribution is 5.45. The zero-order chi connectivity index (χ0) is 16.4. The lowest BCUT2D eigenvalue weighted by molar-refractivity contribution is 0.596. The Balaban J connectivity index is 1.86. The highest BCUT2D eigenvalue weighted by Gasteiger charge is 2.12. The summed E-state index contributed by atoms with van der Waals surface area (Å²) in [6.45, 7) is 2.09. The van der Waals surface area contributed by atoms with Gasteiger partial charge in [-0.1, -0.05) is 6.92 Å². The molecule has 8 nitrogen and oxygen atoms in total. The molecule has 3 heterocycles. The first-order valence-electron chi connectivity index (χ1n) is 7.22. The van der Waals surface area contributed by atoms with Crippen LogP contribution < -0.4 is 10.2 Å². The van der Waals surface area contributed by atoms with Crippen LogP contribution in [0, 0.1) is 5.82 Å². The van der Waals surface area contributed by atoms with Gasteiger partial charge in [0.15, 0.2) is 23.1 Å². The lowest BCUT2D eigenvalue weighted by atomic mass is 10.3. The number of anilines is 2. The number of hydrogen-bond acceptors (Lipinski definition) is 7. The summed E-state index contributed by atoms with van der Waals surface area (Å²) in [7, 11) is 3.80. The zero-order valence-corrected chi connectivity index (χ0v) is 13.2. The van der Waals surface area contributed by atoms with Crippen LogP contribution in [-0.2, 0) is 13.0 Å². The number of nitrogens with one attached hydrogen (secondary N) is 1. The fourth-order valence-corrected chi connectivity index (χ4v) is 2.11. The SMILES string of the molecule is CCc1ncnc(NCc2nnc3ccc(N(C)C)nn23)c1F. The van der Waals surface area contributed by atoms with E-state index in [1.165, 1.54) is 6.33 Å². The van der Waals surface area contributed by atoms with Crippen molar-refractivity contribution in [3.63, 3.8) is 0 Å². The second-order valence-electron chi connectivity index (χ2n) is 5.16. The molecule has 3 rings (SSSR count). The van der Waals surface area contributed by atoms with Crippen molar-refractivity contribution in [1.82, 2.24) is 29.8 Å². The Bertz CT molecular complexity index is 829. The van der Waals surface area contributed by atoms with Gasteiger partial charge in [-0.2, -0.15) is 4.52 Å². The monoisotopic (exact) mass is 316 g/mol. The van der Waals surface area contributed by atoms with Crippen molar-refractivity contribution in [3.8, 4) is 0 Å². The zero-order valence-electron chi connectivity index (χ0n) is 13.2. The van der Waals surface area contributed by atoms with E-state index in [0.29, 0.717) is 23.6 Å². The predicted octanol–water partition coefficient (Wildman–Crippen LogP) is 1.29. The Morgan fingerprint density at radius 3 is 2.78 bits per heavy atom. The first kappa shape index (κ1) is 15.1. The van der Waals surface area contributed by atoms with Crippen LogP contribution in [0.25, 0.3) is 5.65 Å². The maximum atomic E-state index is 14.1. The smallest absolute Gasteiger partial charge is 0.186 e. The third-order valence-corrected chi connectivity index (χ3v) is 3.38. The van der Waals surface area contributed by atoms with Crippen LogP contribution in [0.4, 0.5) is 16.0 Å². The van der Waals surface area contributed by atoms with Crippen molar-refractivity contribution in [3.05, 3.63) is 35.8 Å². The van der Waals surface area contributed by atoms with Gasteiger partial charge in [0.2, 0.25) is 0 Å². The molecule has 3 aromatic heterocycles. The summed E-state index contributed by atoms with van der Waals surface area (Å²) in [5.41, 5.74) is 1.01. The van der Waals surface area contributed by atoms with Gasteiger partial charge in [-0.15, -0.1) is 15.3 Å². The van der Waals surface area contributed by atoms with Gasteiger partial charge >= 0.3 is 0 Å². The van der Waals surface area contributed by atoms with E-state index < -0.39 is 5.82 Å². The molecule has 0 atom stereocenters. The molecule has 1 N–H and O–H groups in total. The van der Waals surface area contributed by atoms with E-state index in [1.807, 2.05) is 38.1 Å². The summed E-state index contributed by atoms with van der Waals surface area (Å²) in [4.78, 5) is 9.72. The van der Waals surface area contributed by atoms with Gasteiger partial charge < -0.3 is 10.2 Å². The standard InChI is InChI=1S/C14H17FN8/c1-4-9-13(15)14(18-8-17-9)16-7-12-20-19-10-5-6-11(22(2)3)21-23(10)12/h5-6,8H,4,7H2,1-3H3,(H,16,17,18). The molecule has 23 heavy (non-hydrogen) atoms. The van der Waals surface area contributed by atoms with Crippen LogP contribution in [-0.4, -0.2) is 43.9 Å². The molecule has 0 aromatic carbocycles. The van der Waals surface area contributed by atoms with Gasteiger partial charge in [-0.05, 0) is 18.6 Å². The molecular weight excluding hydrogens is 299 g/mol. The average Bonchev–Trinajstić information content (AvgIpc) is 2.96. The molecular formula is C14H17FN8. The van der Waals surface area contributed by atoms with Crippen LogP contribution in [0.15, 0.2) is 18.5 Å². The molecule has 0 unspecified atom stereocenters. The van der Waals surface area contributed by atoms with E-state index in [4.69, 9.17) is 0 Å². The minimum atomic E-state index is -0.439. The molecule has 9 heteroatoms. The Labute approximate surface area is 132 Å². The minimum Gasteiger partial charge on any atom is -0.361 e. The van der Waals surface area contributed by atoms with Crippen molar-refractivity contribution in [2.45, 2.75) is 19.9 Å². The summed E-state index contributed by atoms with van der Waals surface area (Å²) < 4.78 is 15.8. The van der Waals surface area contributed by atoms with E-state index in [1.54, 1.807) is 4.52 Å². The Hall–Kier alpha value is -2.84. The fourth-order valence-electron chi connectivity index (χ4n) is 2.11. The van der Waals surface area contributed by atoms with E-state index in [-0.39, 0.29) is 12.4 Å². The second-order valence-corrected chi connectivity index (χ2v) is 5.16. The van der Waals surface area contributed by atoms with Crippen LogP contribution >= 0.6 is 0 Å². The van der Waals surface area contributed by atoms with Gasteiger partial charge in [0.1, 0.15) is 12.1 Å². The van der Waals surface area contributed by atoms with Crippen molar-refractivity contribution in [2.75, 3.05) is 24.3 Å². The van der Waals surface area contributed by atoms with Crippen molar-refractivity contribution in [1.29, 1.82) is 0 Å². The summed E-state index contributed by atoms with van der Waals surface area (Å²) >= 11 is 0. The molecule has 0 fully saturated rings. The molecule has 0 saturated heterocycles. The quantitative estimate of drug-likeness (QED) is 0.759. The average molecular weight is 316 g/mol. The lowest BCUT2D eigenvalue weighted by Gasteiger charge is -2.11. The van der Waals surface area contributed by atoms with Gasteiger partial charge in [-0.25, -0.2) is 14.4 Å². The summed E-state index contributed by atoms with van der Waals surface area (Å²) in [5, 5.41) is 15.5. The van der Waals surface area contributed by atoms with E-state index in [0.717, 1.165) is 5.82 Å². The Kier molecular flexibility index (Phi) is 4.00. The molecule has 0 spiro atoms. The maximum absolute atomic E-state index is 14.1. The van der Waals surface area contributed by atoms with E-state index >= 15 is 0 Å². The molecule has 0 saturated carbocycles. The van der Waals surface area contributed by atoms with Crippen molar-refractivity contribution >= 4 is 17.3 Å². The van der Waals surface area contributed by atoms with Crippen LogP contribution in [0.5, 0.6) is 0 Å². The highest BCUT2D eigenvalue weighted by atomic mass is 19.1. The van der Waals surface area contributed by atoms with Crippen LogP contribution in [0.1, 0.15) is 18.4 Å². The predicted molar refractivity (Wildman–Crippen MR) is 83.8 cm³/mol. The Morgan fingerprint density at radius 1 is 1.22 bits per heavy atom. The third-order valence-electron chi connectivity index (χ3n) is 3.38. The normalized spacial score (nSPS) is 11.0. The summed E-state index contributed by atoms with van der Waals surface area (Å²) in [6, 6.07) is 3.69. The number of halogens is 1. The van der Waals surface area contributed by atoms with Gasteiger partial charge in [0.05, 0.1) is 12.2 Å². The number of fused-ring (bicyclic) bond motifs is 1. The van der Waals surface area contributed by atoms with Gasteiger partial charge in [0.25, 0.3) is 0 Å². The van der Waals surface area contributed by atoms with Crippen LogP contribution in [0.2, 0.25) is 0 Å². The number of rotatable bonds is 5. The topological polar surface area (TPSA) is 84.1 Å². The second kappa shape index (κ2) is 6.11. The number of hydrogen-bond donors (Lipinski definition) is 1. The highest BCUT2D eigenvalue weighted by Crippen LogP contribution is 2.15. The molecule has 0 amide bonds. The number of aryl methyl sites for hydroxylation is 1. The lowest BCUT2D eigenvalue weighted by Crippen LogP contribution is -2.14. The minimum absolute atomic E-state index is 0.150. The number of nitrogens with zero attached hydrogens (tertiary/aromatic N) is 7. The Morgan fingerprint density at radius 2 is 2.04 bits per heavy atom. The molecule has 3 aromatic rings. The largest absolute Gasteiger partial charge is 0.361 e. The molecule has 0 aliphatic rings. The van der Waals surface area contributed by atoms with Crippen molar-refractivity contribution in [2.24, 2.45) is 0 Å². The third kappa shape index (κ3) is 2.89. The molecule has 0 aliphatic heterocycles. The number of aromatic nitrogens is 6. The summed E-state index contributed by atoms with van der Waals surface area (Å²) in [5.74, 6) is 1.06. The molecule has 0 aliphatic carbocycles. The van der Waals surface area contributed by atoms with Crippen molar-refractivity contribution < 1.29 is 4.39 Å². The van der Waals surface area contributed by atoms with Crippen LogP contribution in [0.3, 0.4) is 0 Å². The summed E-state index contributed by atoms with van der Waals surface area (Å²) in [6.07, 6.45) is 1.85. The molecule has 120 valence electrons. The first-order chi connectivity index (χ1) is 11.1. The molecule has 0 bridgehead atoms. The first-order valence-corrected chi connectivity index (χ1v) is 7.22. The van der Waals surface area contributed by atoms with E-state index in [9.17, 15) is 4.39 Å². The fraction of sp³-hybridized carbons (Fsp3) is 0.357.